The zero-order valence-corrected chi connectivity index (χ0v) is 15.6. The molecule has 0 aliphatic heterocycles. The lowest BCUT2D eigenvalue weighted by Crippen LogP contribution is -2.37. The van der Waals surface area contributed by atoms with Crippen molar-refractivity contribution in [2.45, 2.75) is 19.5 Å². The van der Waals surface area contributed by atoms with Gasteiger partial charge in [-0.25, -0.2) is 13.5 Å². The van der Waals surface area contributed by atoms with Gasteiger partial charge in [0, 0.05) is 6.42 Å². The molecule has 1 aromatic heterocycles. The van der Waals surface area contributed by atoms with Gasteiger partial charge in [0.25, 0.3) is 0 Å². The van der Waals surface area contributed by atoms with E-state index in [-0.39, 0.29) is 5.82 Å². The summed E-state index contributed by atoms with van der Waals surface area (Å²) in [4.78, 5) is 0. The number of hydrogen-bond donors (Lipinski definition) is 1. The van der Waals surface area contributed by atoms with Crippen molar-refractivity contribution in [1.82, 2.24) is 4.57 Å². The van der Waals surface area contributed by atoms with Crippen LogP contribution in [0.1, 0.15) is 12.0 Å². The largest absolute Gasteiger partial charge is 0.493 e. The van der Waals surface area contributed by atoms with Crippen LogP contribution in [0.25, 0.3) is 11.0 Å². The first kappa shape index (κ1) is 18.0. The number of rotatable bonds is 7. The number of halogens is 1. The van der Waals surface area contributed by atoms with Gasteiger partial charge in [0.15, 0.2) is 0 Å². The molecule has 0 unspecified atom stereocenters. The van der Waals surface area contributed by atoms with Gasteiger partial charge in [-0.3, -0.25) is 5.73 Å². The molecule has 142 valence electrons. The second-order valence-electron chi connectivity index (χ2n) is 6.73. The lowest BCUT2D eigenvalue weighted by molar-refractivity contribution is -0.648. The zero-order valence-electron chi connectivity index (χ0n) is 15.6. The van der Waals surface area contributed by atoms with Crippen molar-refractivity contribution in [2.24, 2.45) is 0 Å². The number of ether oxygens (including phenoxy) is 1. The maximum absolute atomic E-state index is 13.0. The topological polar surface area (TPSA) is 44.1 Å². The number of aryl methyl sites for hydroxylation is 1. The number of imidazole rings is 1. The summed E-state index contributed by atoms with van der Waals surface area (Å²) in [5.74, 6) is 1.14. The van der Waals surface area contributed by atoms with Crippen LogP contribution in [0.5, 0.6) is 5.75 Å². The van der Waals surface area contributed by atoms with Crippen LogP contribution in [0.4, 0.5) is 10.3 Å². The Hall–Kier alpha value is -3.34. The predicted molar refractivity (Wildman–Crippen MR) is 109 cm³/mol. The number of hydrogen-bond acceptors (Lipinski definition) is 2. The van der Waals surface area contributed by atoms with Gasteiger partial charge in [0.2, 0.25) is 0 Å². The van der Waals surface area contributed by atoms with Crippen LogP contribution >= 0.6 is 0 Å². The highest BCUT2D eigenvalue weighted by Gasteiger charge is 2.20. The van der Waals surface area contributed by atoms with E-state index in [2.05, 4.69) is 33.4 Å². The summed E-state index contributed by atoms with van der Waals surface area (Å²) in [5, 5.41) is 0. The highest BCUT2D eigenvalue weighted by molar-refractivity contribution is 5.73. The molecule has 4 aromatic rings. The predicted octanol–water partition coefficient (Wildman–Crippen LogP) is 4.17. The molecular weight excluding hydrogens is 353 g/mol. The first-order valence-corrected chi connectivity index (χ1v) is 9.41. The smallest absolute Gasteiger partial charge is 0.356 e. The fourth-order valence-corrected chi connectivity index (χ4v) is 3.42. The Morgan fingerprint density at radius 2 is 1.61 bits per heavy atom. The maximum atomic E-state index is 13.0. The minimum absolute atomic E-state index is 0.262. The van der Waals surface area contributed by atoms with Crippen molar-refractivity contribution < 1.29 is 13.7 Å². The quantitative estimate of drug-likeness (QED) is 0.389. The number of aromatic nitrogens is 2. The number of anilines is 1. The van der Waals surface area contributed by atoms with Gasteiger partial charge in [-0.05, 0) is 42.0 Å². The molecule has 3 aromatic carbocycles. The van der Waals surface area contributed by atoms with Crippen molar-refractivity contribution in [3.63, 3.8) is 0 Å². The Morgan fingerprint density at radius 1 is 0.893 bits per heavy atom. The van der Waals surface area contributed by atoms with E-state index in [0.717, 1.165) is 36.5 Å². The van der Waals surface area contributed by atoms with Crippen molar-refractivity contribution in [2.75, 3.05) is 12.3 Å². The molecule has 1 heterocycles. The Bertz CT molecular complexity index is 1060. The number of nitrogen functional groups attached to an aromatic ring is 1. The molecular formula is C23H23FN3O+. The average molecular weight is 376 g/mol. The summed E-state index contributed by atoms with van der Waals surface area (Å²) in [6, 6.07) is 24.6. The molecule has 28 heavy (non-hydrogen) atoms. The number of benzene rings is 3. The van der Waals surface area contributed by atoms with Gasteiger partial charge >= 0.3 is 5.95 Å². The number of fused-ring (bicyclic) bond motifs is 1. The second kappa shape index (κ2) is 8.13. The molecule has 0 saturated heterocycles. The minimum Gasteiger partial charge on any atom is -0.493 e. The summed E-state index contributed by atoms with van der Waals surface area (Å²) in [6.45, 7) is 2.01. The molecule has 2 N–H and O–H groups in total. The lowest BCUT2D eigenvalue weighted by Gasteiger charge is -2.06. The molecule has 4 rings (SSSR count). The first-order valence-electron chi connectivity index (χ1n) is 9.41. The minimum atomic E-state index is -0.262. The molecule has 0 fully saturated rings. The Balaban J connectivity index is 1.50. The summed E-state index contributed by atoms with van der Waals surface area (Å²) < 4.78 is 23.0. The van der Waals surface area contributed by atoms with Gasteiger partial charge in [-0.2, -0.15) is 0 Å². The van der Waals surface area contributed by atoms with Crippen molar-refractivity contribution in [3.8, 4) is 5.75 Å². The van der Waals surface area contributed by atoms with Crippen LogP contribution < -0.4 is 15.0 Å². The van der Waals surface area contributed by atoms with E-state index < -0.39 is 0 Å². The normalized spacial score (nSPS) is 11.0. The molecule has 0 aliphatic carbocycles. The monoisotopic (exact) mass is 376 g/mol. The van der Waals surface area contributed by atoms with Gasteiger partial charge in [-0.15, -0.1) is 0 Å². The lowest BCUT2D eigenvalue weighted by atomic mass is 10.2. The third-order valence-electron chi connectivity index (χ3n) is 4.81. The maximum Gasteiger partial charge on any atom is 0.356 e. The van der Waals surface area contributed by atoms with E-state index in [9.17, 15) is 4.39 Å². The fraction of sp³-hybridized carbons (Fsp3) is 0.174. The Labute approximate surface area is 163 Å². The third kappa shape index (κ3) is 3.83. The van der Waals surface area contributed by atoms with Gasteiger partial charge in [0.1, 0.15) is 22.6 Å². The number of nitrogens with zero attached hydrogens (tertiary/aromatic N) is 2. The standard InChI is InChI=1S/C23H22FN3O/c24-19-11-13-20(14-12-19)28-16-6-15-26-21-9-4-5-10-22(21)27(23(26)25)17-18-7-2-1-3-8-18/h1-5,7-14,25H,6,15-17H2/p+1. The summed E-state index contributed by atoms with van der Waals surface area (Å²) in [6.07, 6.45) is 0.797. The summed E-state index contributed by atoms with van der Waals surface area (Å²) in [5.41, 5.74) is 9.95. The van der Waals surface area contributed by atoms with Crippen molar-refractivity contribution >= 4 is 17.0 Å². The van der Waals surface area contributed by atoms with Gasteiger partial charge in [0.05, 0.1) is 19.7 Å². The molecule has 0 radical (unpaired) electrons. The SMILES string of the molecule is Nc1n(CCCOc2ccc(F)cc2)c2ccccc2[n+]1Cc1ccccc1. The van der Waals surface area contributed by atoms with Gasteiger partial charge in [-0.1, -0.05) is 42.5 Å². The highest BCUT2D eigenvalue weighted by Crippen LogP contribution is 2.18. The fourth-order valence-electron chi connectivity index (χ4n) is 3.42. The zero-order chi connectivity index (χ0) is 19.3. The van der Waals surface area contributed by atoms with Crippen molar-refractivity contribution in [3.05, 3.63) is 90.2 Å². The highest BCUT2D eigenvalue weighted by atomic mass is 19.1. The molecule has 0 amide bonds. The van der Waals surface area contributed by atoms with Crippen LogP contribution in [-0.4, -0.2) is 11.2 Å². The van der Waals surface area contributed by atoms with Crippen LogP contribution in [0.3, 0.4) is 0 Å². The third-order valence-corrected chi connectivity index (χ3v) is 4.81. The van der Waals surface area contributed by atoms with Crippen LogP contribution in [0.2, 0.25) is 0 Å². The van der Waals surface area contributed by atoms with Crippen molar-refractivity contribution in [1.29, 1.82) is 0 Å². The van der Waals surface area contributed by atoms with E-state index in [1.165, 1.54) is 17.7 Å². The molecule has 0 saturated carbocycles. The first-order chi connectivity index (χ1) is 13.7. The van der Waals surface area contributed by atoms with E-state index in [4.69, 9.17) is 10.5 Å². The molecule has 0 atom stereocenters. The van der Waals surface area contributed by atoms with E-state index in [0.29, 0.717) is 12.4 Å². The van der Waals surface area contributed by atoms with E-state index in [1.807, 2.05) is 30.3 Å². The summed E-state index contributed by atoms with van der Waals surface area (Å²) in [7, 11) is 0. The second-order valence-corrected chi connectivity index (χ2v) is 6.73. The van der Waals surface area contributed by atoms with Gasteiger partial charge < -0.3 is 4.74 Å². The molecule has 4 nitrogen and oxygen atoms in total. The number of nitrogens with two attached hydrogens (primary N) is 1. The number of para-hydroxylation sites is 2. The van der Waals surface area contributed by atoms with E-state index in [1.54, 1.807) is 12.1 Å². The van der Waals surface area contributed by atoms with Crippen LogP contribution in [0.15, 0.2) is 78.9 Å². The molecule has 0 spiro atoms. The Morgan fingerprint density at radius 3 is 2.39 bits per heavy atom. The summed E-state index contributed by atoms with van der Waals surface area (Å²) >= 11 is 0. The molecule has 0 aliphatic rings. The average Bonchev–Trinajstić information content (AvgIpc) is 2.99. The molecule has 0 bridgehead atoms. The van der Waals surface area contributed by atoms with E-state index >= 15 is 0 Å². The van der Waals surface area contributed by atoms with Crippen LogP contribution in [0, 0.1) is 5.82 Å². The Kier molecular flexibility index (Phi) is 5.24. The van der Waals surface area contributed by atoms with Crippen LogP contribution in [-0.2, 0) is 13.1 Å². The molecule has 5 heteroatoms.